The minimum absolute atomic E-state index is 0.275. The number of benzene rings is 1. The normalized spacial score (nSPS) is 10.1. The van der Waals surface area contributed by atoms with E-state index in [1.807, 2.05) is 24.3 Å². The Morgan fingerprint density at radius 2 is 2.00 bits per heavy atom. The number of hydrazine groups is 1. The third-order valence-corrected chi connectivity index (χ3v) is 3.49. The van der Waals surface area contributed by atoms with Gasteiger partial charge in [0, 0.05) is 19.9 Å². The highest BCUT2D eigenvalue weighted by atomic mass is 127. The summed E-state index contributed by atoms with van der Waals surface area (Å²) in [7, 11) is 0. The van der Waals surface area contributed by atoms with Crippen LogP contribution in [-0.4, -0.2) is 10.9 Å². The zero-order valence-electron chi connectivity index (χ0n) is 9.65. The van der Waals surface area contributed by atoms with E-state index in [1.54, 1.807) is 12.3 Å². The van der Waals surface area contributed by atoms with E-state index in [2.05, 4.69) is 54.2 Å². The Balaban J connectivity index is 2.24. The second-order valence-corrected chi connectivity index (χ2v) is 5.82. The molecule has 0 aliphatic heterocycles. The number of pyridine rings is 1. The summed E-state index contributed by atoms with van der Waals surface area (Å²) in [6.07, 6.45) is 1.57. The summed E-state index contributed by atoms with van der Waals surface area (Å²) in [6, 6.07) is 9.15. The number of nitrogen functional groups attached to an aromatic ring is 1. The molecule has 0 saturated heterocycles. The molecule has 1 heterocycles. The highest BCUT2D eigenvalue weighted by Crippen LogP contribution is 2.19. The van der Waals surface area contributed by atoms with Crippen molar-refractivity contribution < 1.29 is 4.79 Å². The van der Waals surface area contributed by atoms with Crippen molar-refractivity contribution in [1.29, 1.82) is 0 Å². The van der Waals surface area contributed by atoms with E-state index in [-0.39, 0.29) is 5.91 Å². The highest BCUT2D eigenvalue weighted by Gasteiger charge is 2.13. The molecular weight excluding hydrogens is 423 g/mol. The van der Waals surface area contributed by atoms with Crippen LogP contribution in [0.5, 0.6) is 0 Å². The van der Waals surface area contributed by atoms with Crippen molar-refractivity contribution in [3.05, 3.63) is 50.1 Å². The van der Waals surface area contributed by atoms with Crippen molar-refractivity contribution in [3.8, 4) is 0 Å². The molecule has 0 fully saturated rings. The molecule has 2 rings (SSSR count). The lowest BCUT2D eigenvalue weighted by Crippen LogP contribution is -2.18. The van der Waals surface area contributed by atoms with Crippen molar-refractivity contribution in [2.45, 2.75) is 0 Å². The summed E-state index contributed by atoms with van der Waals surface area (Å²) < 4.78 is 1.81. The molecule has 1 aromatic heterocycles. The molecule has 7 heteroatoms. The van der Waals surface area contributed by atoms with Crippen LogP contribution >= 0.6 is 38.5 Å². The van der Waals surface area contributed by atoms with Crippen molar-refractivity contribution in [2.24, 2.45) is 5.84 Å². The van der Waals surface area contributed by atoms with Gasteiger partial charge in [-0.05, 0) is 68.9 Å². The van der Waals surface area contributed by atoms with Crippen LogP contribution in [0.4, 0.5) is 11.5 Å². The first-order chi connectivity index (χ1) is 9.10. The largest absolute Gasteiger partial charge is 0.322 e. The summed E-state index contributed by atoms with van der Waals surface area (Å²) in [5.74, 6) is 5.39. The van der Waals surface area contributed by atoms with Gasteiger partial charge in [-0.2, -0.15) is 0 Å². The fraction of sp³-hybridized carbons (Fsp3) is 0. The Kier molecular flexibility index (Phi) is 4.72. The lowest BCUT2D eigenvalue weighted by molar-refractivity contribution is 0.102. The Labute approximate surface area is 132 Å². The highest BCUT2D eigenvalue weighted by molar-refractivity contribution is 14.1. The maximum absolute atomic E-state index is 12.2. The van der Waals surface area contributed by atoms with Crippen molar-refractivity contribution in [2.75, 3.05) is 10.7 Å². The molecule has 5 nitrogen and oxygen atoms in total. The van der Waals surface area contributed by atoms with Crippen molar-refractivity contribution >= 4 is 55.9 Å². The number of aromatic nitrogens is 1. The molecule has 0 unspecified atom stereocenters. The van der Waals surface area contributed by atoms with Crippen LogP contribution in [0, 0.1) is 3.57 Å². The SMILES string of the molecule is NNc1ncc(Br)cc1C(=O)Nc1ccc(I)cc1. The van der Waals surface area contributed by atoms with Crippen LogP contribution in [0.1, 0.15) is 10.4 Å². The first kappa shape index (κ1) is 14.2. The van der Waals surface area contributed by atoms with Gasteiger partial charge in [-0.3, -0.25) is 4.79 Å². The number of anilines is 2. The number of amides is 1. The second-order valence-electron chi connectivity index (χ2n) is 3.66. The molecule has 0 spiro atoms. The first-order valence-electron chi connectivity index (χ1n) is 5.29. The van der Waals surface area contributed by atoms with E-state index < -0.39 is 0 Å². The van der Waals surface area contributed by atoms with Gasteiger partial charge in [0.05, 0.1) is 5.56 Å². The Hall–Kier alpha value is -1.19. The zero-order chi connectivity index (χ0) is 13.8. The number of hydrogen-bond acceptors (Lipinski definition) is 4. The number of carbonyl (C=O) groups excluding carboxylic acids is 1. The fourth-order valence-electron chi connectivity index (χ4n) is 1.46. The van der Waals surface area contributed by atoms with Gasteiger partial charge >= 0.3 is 0 Å². The molecule has 0 aliphatic rings. The van der Waals surface area contributed by atoms with Crippen LogP contribution in [0.3, 0.4) is 0 Å². The van der Waals surface area contributed by atoms with Crippen LogP contribution in [0.2, 0.25) is 0 Å². The number of nitrogens with two attached hydrogens (primary N) is 1. The van der Waals surface area contributed by atoms with Gasteiger partial charge in [-0.1, -0.05) is 0 Å². The van der Waals surface area contributed by atoms with Gasteiger partial charge in [0.25, 0.3) is 5.91 Å². The maximum Gasteiger partial charge on any atom is 0.259 e. The standard InChI is InChI=1S/C12H10BrIN4O/c13-7-5-10(11(18-15)16-6-7)12(19)17-9-3-1-8(14)2-4-9/h1-6H,15H2,(H,16,18)(H,17,19). The average Bonchev–Trinajstić information content (AvgIpc) is 2.41. The van der Waals surface area contributed by atoms with Gasteiger partial charge in [0.2, 0.25) is 0 Å². The average molecular weight is 433 g/mol. The monoisotopic (exact) mass is 432 g/mol. The molecule has 0 saturated carbocycles. The first-order valence-corrected chi connectivity index (χ1v) is 7.16. The van der Waals surface area contributed by atoms with Gasteiger partial charge in [0.1, 0.15) is 0 Å². The summed E-state index contributed by atoms with van der Waals surface area (Å²) in [5.41, 5.74) is 3.49. The quantitative estimate of drug-likeness (QED) is 0.395. The maximum atomic E-state index is 12.2. The van der Waals surface area contributed by atoms with Crippen molar-refractivity contribution in [3.63, 3.8) is 0 Å². The summed E-state index contributed by atoms with van der Waals surface area (Å²) >= 11 is 5.48. The van der Waals surface area contributed by atoms with Gasteiger partial charge in [-0.25, -0.2) is 10.8 Å². The number of carbonyl (C=O) groups is 1. The second kappa shape index (κ2) is 6.31. The molecule has 4 N–H and O–H groups in total. The Bertz CT molecular complexity index is 603. The smallest absolute Gasteiger partial charge is 0.259 e. The third kappa shape index (κ3) is 3.64. The summed E-state index contributed by atoms with van der Waals surface area (Å²) in [4.78, 5) is 16.2. The molecule has 19 heavy (non-hydrogen) atoms. The van der Waals surface area contributed by atoms with Gasteiger partial charge < -0.3 is 10.7 Å². The number of nitrogens with one attached hydrogen (secondary N) is 2. The Morgan fingerprint density at radius 1 is 1.32 bits per heavy atom. The van der Waals surface area contributed by atoms with Crippen LogP contribution < -0.4 is 16.6 Å². The molecule has 1 aromatic carbocycles. The number of hydrogen-bond donors (Lipinski definition) is 3. The molecule has 1 amide bonds. The molecular formula is C12H10BrIN4O. The van der Waals surface area contributed by atoms with E-state index in [9.17, 15) is 4.79 Å². The van der Waals surface area contributed by atoms with Crippen LogP contribution in [0.25, 0.3) is 0 Å². The predicted molar refractivity (Wildman–Crippen MR) is 86.9 cm³/mol. The molecule has 98 valence electrons. The molecule has 0 bridgehead atoms. The van der Waals surface area contributed by atoms with Crippen LogP contribution in [0.15, 0.2) is 41.0 Å². The Morgan fingerprint density at radius 3 is 2.63 bits per heavy atom. The van der Waals surface area contributed by atoms with Gasteiger partial charge in [0.15, 0.2) is 5.82 Å². The summed E-state index contributed by atoms with van der Waals surface area (Å²) in [5, 5.41) is 2.79. The van der Waals surface area contributed by atoms with E-state index >= 15 is 0 Å². The zero-order valence-corrected chi connectivity index (χ0v) is 13.4. The molecule has 2 aromatic rings. The van der Waals surface area contributed by atoms with E-state index in [1.165, 1.54) is 0 Å². The minimum atomic E-state index is -0.275. The van der Waals surface area contributed by atoms with Crippen LogP contribution in [-0.2, 0) is 0 Å². The van der Waals surface area contributed by atoms with E-state index in [4.69, 9.17) is 5.84 Å². The topological polar surface area (TPSA) is 80.0 Å². The molecule has 0 atom stereocenters. The number of halogens is 2. The molecule has 0 aliphatic carbocycles. The predicted octanol–water partition coefficient (Wildman–Crippen LogP) is 2.99. The lowest BCUT2D eigenvalue weighted by Gasteiger charge is -2.09. The molecule has 0 radical (unpaired) electrons. The summed E-state index contributed by atoms with van der Waals surface area (Å²) in [6.45, 7) is 0. The number of nitrogens with zero attached hydrogens (tertiary/aromatic N) is 1. The minimum Gasteiger partial charge on any atom is -0.322 e. The lowest BCUT2D eigenvalue weighted by atomic mass is 10.2. The number of rotatable bonds is 3. The van der Waals surface area contributed by atoms with E-state index in [0.717, 1.165) is 3.57 Å². The third-order valence-electron chi connectivity index (χ3n) is 2.34. The fourth-order valence-corrected chi connectivity index (χ4v) is 2.15. The van der Waals surface area contributed by atoms with E-state index in [0.29, 0.717) is 21.5 Å². The van der Waals surface area contributed by atoms with Gasteiger partial charge in [-0.15, -0.1) is 0 Å². The van der Waals surface area contributed by atoms with Crippen molar-refractivity contribution in [1.82, 2.24) is 4.98 Å².